The molecule has 4 nitrogen and oxygen atoms in total. The van der Waals surface area contributed by atoms with Crippen molar-refractivity contribution in [1.82, 2.24) is 9.55 Å². The molecule has 1 heterocycles. The maximum atomic E-state index is 5.70. The van der Waals surface area contributed by atoms with Gasteiger partial charge in [-0.2, -0.15) is 0 Å². The van der Waals surface area contributed by atoms with Crippen LogP contribution in [0.2, 0.25) is 0 Å². The lowest BCUT2D eigenvalue weighted by Crippen LogP contribution is -2.05. The Morgan fingerprint density at radius 1 is 1.39 bits per heavy atom. The third-order valence-corrected chi connectivity index (χ3v) is 2.87. The summed E-state index contributed by atoms with van der Waals surface area (Å²) in [6.07, 6.45) is 4.77. The molecule has 0 saturated heterocycles. The van der Waals surface area contributed by atoms with Gasteiger partial charge in [-0.25, -0.2) is 4.98 Å². The Morgan fingerprint density at radius 2 is 2.28 bits per heavy atom. The zero-order valence-electron chi connectivity index (χ0n) is 10.7. The zero-order valence-corrected chi connectivity index (χ0v) is 10.7. The maximum absolute atomic E-state index is 5.70. The summed E-state index contributed by atoms with van der Waals surface area (Å²) in [5.41, 5.74) is 6.68. The maximum Gasteiger partial charge on any atom is 0.119 e. The van der Waals surface area contributed by atoms with Crippen molar-refractivity contribution in [1.29, 1.82) is 0 Å². The van der Waals surface area contributed by atoms with Gasteiger partial charge in [-0.15, -0.1) is 0 Å². The highest BCUT2D eigenvalue weighted by Crippen LogP contribution is 2.13. The number of benzene rings is 1. The molecule has 4 heteroatoms. The number of rotatable bonds is 6. The molecule has 2 rings (SSSR count). The molecule has 2 aromatic rings. The molecule has 0 bridgehead atoms. The topological polar surface area (TPSA) is 53.1 Å². The largest absolute Gasteiger partial charge is 0.494 e. The minimum atomic E-state index is 0.547. The normalized spacial score (nSPS) is 10.6. The Hall–Kier alpha value is -1.81. The summed E-state index contributed by atoms with van der Waals surface area (Å²) in [6, 6.07) is 7.92. The van der Waals surface area contributed by atoms with E-state index in [-0.39, 0.29) is 0 Å². The highest BCUT2D eigenvalue weighted by atomic mass is 16.5. The van der Waals surface area contributed by atoms with E-state index in [4.69, 9.17) is 10.5 Å². The highest BCUT2D eigenvalue weighted by Gasteiger charge is 1.98. The molecule has 18 heavy (non-hydrogen) atoms. The molecule has 0 aliphatic carbocycles. The third-order valence-electron chi connectivity index (χ3n) is 2.87. The lowest BCUT2D eigenvalue weighted by Gasteiger charge is -2.08. The van der Waals surface area contributed by atoms with Crippen LogP contribution in [0.25, 0.3) is 0 Å². The molecular formula is C14H19N3O. The zero-order chi connectivity index (χ0) is 12.8. The van der Waals surface area contributed by atoms with Crippen LogP contribution in [0.4, 0.5) is 0 Å². The predicted octanol–water partition coefficient (Wildman–Crippen LogP) is 2.12. The molecule has 0 unspecified atom stereocenters. The van der Waals surface area contributed by atoms with E-state index < -0.39 is 0 Å². The van der Waals surface area contributed by atoms with Crippen molar-refractivity contribution in [3.8, 4) is 5.75 Å². The monoisotopic (exact) mass is 245 g/mol. The molecule has 2 N–H and O–H groups in total. The minimum Gasteiger partial charge on any atom is -0.494 e. The Labute approximate surface area is 107 Å². The van der Waals surface area contributed by atoms with Gasteiger partial charge in [0.25, 0.3) is 0 Å². The number of nitrogens with two attached hydrogens (primary N) is 1. The van der Waals surface area contributed by atoms with E-state index in [1.165, 1.54) is 0 Å². The van der Waals surface area contributed by atoms with Crippen LogP contribution in [0.3, 0.4) is 0 Å². The van der Waals surface area contributed by atoms with Crippen LogP contribution in [-0.4, -0.2) is 16.2 Å². The molecule has 1 aromatic heterocycles. The van der Waals surface area contributed by atoms with Crippen LogP contribution in [0.1, 0.15) is 17.8 Å². The molecule has 0 aliphatic rings. The predicted molar refractivity (Wildman–Crippen MR) is 71.4 cm³/mol. The van der Waals surface area contributed by atoms with Crippen molar-refractivity contribution in [3.63, 3.8) is 0 Å². The Kier molecular flexibility index (Phi) is 4.36. The second kappa shape index (κ2) is 6.21. The Morgan fingerprint density at radius 3 is 3.00 bits per heavy atom. The molecule has 1 aromatic carbocycles. The van der Waals surface area contributed by atoms with Crippen LogP contribution in [0.15, 0.2) is 36.7 Å². The van der Waals surface area contributed by atoms with Gasteiger partial charge < -0.3 is 15.0 Å². The fraction of sp³-hybridized carbons (Fsp3) is 0.357. The fourth-order valence-electron chi connectivity index (χ4n) is 1.83. The molecule has 0 fully saturated rings. The Bertz CT molecular complexity index is 493. The molecule has 0 atom stereocenters. The van der Waals surface area contributed by atoms with Crippen molar-refractivity contribution < 1.29 is 4.74 Å². The smallest absolute Gasteiger partial charge is 0.119 e. The van der Waals surface area contributed by atoms with E-state index in [1.807, 2.05) is 43.6 Å². The van der Waals surface area contributed by atoms with Crippen LogP contribution < -0.4 is 10.5 Å². The van der Waals surface area contributed by atoms with Gasteiger partial charge in [-0.05, 0) is 31.0 Å². The SMILES string of the molecule is Cc1nccn1CCCOc1cccc(CN)c1. The minimum absolute atomic E-state index is 0.547. The molecular weight excluding hydrogens is 226 g/mol. The first-order valence-corrected chi connectivity index (χ1v) is 6.19. The summed E-state index contributed by atoms with van der Waals surface area (Å²) in [6.45, 7) is 4.19. The van der Waals surface area contributed by atoms with E-state index in [1.54, 1.807) is 0 Å². The van der Waals surface area contributed by atoms with Gasteiger partial charge in [0.2, 0.25) is 0 Å². The number of imidazole rings is 1. The summed E-state index contributed by atoms with van der Waals surface area (Å²) in [4.78, 5) is 4.18. The number of nitrogens with zero attached hydrogens (tertiary/aromatic N) is 2. The number of ether oxygens (including phenoxy) is 1. The van der Waals surface area contributed by atoms with Gasteiger partial charge in [0.05, 0.1) is 6.61 Å². The number of aromatic nitrogens is 2. The number of hydrogen-bond acceptors (Lipinski definition) is 3. The standard InChI is InChI=1S/C14H19N3O/c1-12-16-6-8-17(12)7-3-9-18-14-5-2-4-13(10-14)11-15/h2,4-6,8,10H,3,7,9,11,15H2,1H3. The molecule has 0 radical (unpaired) electrons. The Balaban J connectivity index is 1.76. The summed E-state index contributed by atoms with van der Waals surface area (Å²) < 4.78 is 7.82. The van der Waals surface area contributed by atoms with E-state index in [2.05, 4.69) is 9.55 Å². The van der Waals surface area contributed by atoms with E-state index in [0.29, 0.717) is 13.2 Å². The quantitative estimate of drug-likeness (QED) is 0.793. The second-order valence-electron chi connectivity index (χ2n) is 4.22. The average Bonchev–Trinajstić information content (AvgIpc) is 2.81. The lowest BCUT2D eigenvalue weighted by molar-refractivity contribution is 0.301. The summed E-state index contributed by atoms with van der Waals surface area (Å²) in [7, 11) is 0. The van der Waals surface area contributed by atoms with Gasteiger partial charge in [0, 0.05) is 25.5 Å². The number of aryl methyl sites for hydroxylation is 2. The van der Waals surface area contributed by atoms with Gasteiger partial charge >= 0.3 is 0 Å². The van der Waals surface area contributed by atoms with Crippen molar-refractivity contribution in [2.24, 2.45) is 5.73 Å². The summed E-state index contributed by atoms with van der Waals surface area (Å²) in [5.74, 6) is 1.93. The van der Waals surface area contributed by atoms with Crippen LogP contribution in [-0.2, 0) is 13.1 Å². The second-order valence-corrected chi connectivity index (χ2v) is 4.22. The molecule has 0 saturated carbocycles. The summed E-state index contributed by atoms with van der Waals surface area (Å²) in [5, 5.41) is 0. The summed E-state index contributed by atoms with van der Waals surface area (Å²) >= 11 is 0. The van der Waals surface area contributed by atoms with Crippen LogP contribution >= 0.6 is 0 Å². The fourth-order valence-corrected chi connectivity index (χ4v) is 1.83. The average molecular weight is 245 g/mol. The highest BCUT2D eigenvalue weighted by molar-refractivity contribution is 5.28. The first-order valence-electron chi connectivity index (χ1n) is 6.19. The van der Waals surface area contributed by atoms with Gasteiger partial charge in [-0.1, -0.05) is 12.1 Å². The van der Waals surface area contributed by atoms with E-state index >= 15 is 0 Å². The lowest BCUT2D eigenvalue weighted by atomic mass is 10.2. The third kappa shape index (κ3) is 3.34. The van der Waals surface area contributed by atoms with E-state index in [0.717, 1.165) is 30.1 Å². The molecule has 0 aliphatic heterocycles. The van der Waals surface area contributed by atoms with Gasteiger partial charge in [0.15, 0.2) is 0 Å². The van der Waals surface area contributed by atoms with Crippen molar-refractivity contribution >= 4 is 0 Å². The van der Waals surface area contributed by atoms with Gasteiger partial charge in [0.1, 0.15) is 11.6 Å². The van der Waals surface area contributed by atoms with Crippen LogP contribution in [0.5, 0.6) is 5.75 Å². The van der Waals surface area contributed by atoms with Crippen LogP contribution in [0, 0.1) is 6.92 Å². The molecule has 0 spiro atoms. The first-order chi connectivity index (χ1) is 8.79. The molecule has 96 valence electrons. The van der Waals surface area contributed by atoms with E-state index in [9.17, 15) is 0 Å². The van der Waals surface area contributed by atoms with Crippen molar-refractivity contribution in [2.75, 3.05) is 6.61 Å². The van der Waals surface area contributed by atoms with Crippen molar-refractivity contribution in [3.05, 3.63) is 48.0 Å². The first kappa shape index (κ1) is 12.6. The van der Waals surface area contributed by atoms with Crippen molar-refractivity contribution in [2.45, 2.75) is 26.4 Å². The number of hydrogen-bond donors (Lipinski definition) is 1. The van der Waals surface area contributed by atoms with Gasteiger partial charge in [-0.3, -0.25) is 0 Å². The molecule has 0 amide bonds.